The molecule has 0 fully saturated rings. The van der Waals surface area contributed by atoms with Crippen LogP contribution in [0.25, 0.3) is 11.1 Å². The van der Waals surface area contributed by atoms with E-state index in [1.165, 1.54) is 6.92 Å². The minimum Gasteiger partial charge on any atom is -0.480 e. The fraction of sp³-hybridized carbons (Fsp3) is 0.192. The zero-order valence-corrected chi connectivity index (χ0v) is 18.3. The van der Waals surface area contributed by atoms with Crippen LogP contribution in [0.2, 0.25) is 0 Å². The van der Waals surface area contributed by atoms with E-state index in [2.05, 4.69) is 22.8 Å². The van der Waals surface area contributed by atoms with Gasteiger partial charge in [-0.25, -0.2) is 4.79 Å². The minimum absolute atomic E-state index is 0.0830. The minimum atomic E-state index is -1.15. The van der Waals surface area contributed by atoms with E-state index in [-0.39, 0.29) is 23.8 Å². The van der Waals surface area contributed by atoms with Gasteiger partial charge in [0, 0.05) is 5.92 Å². The van der Waals surface area contributed by atoms with Crippen LogP contribution in [-0.4, -0.2) is 35.7 Å². The van der Waals surface area contributed by atoms with E-state index in [1.807, 2.05) is 36.4 Å². The first kappa shape index (κ1) is 22.1. The normalized spacial score (nSPS) is 12.9. The zero-order valence-electron chi connectivity index (χ0n) is 18.3. The molecule has 0 heterocycles. The molecule has 33 heavy (non-hydrogen) atoms. The summed E-state index contributed by atoms with van der Waals surface area (Å²) in [7, 11) is 0. The number of ether oxygens (including phenoxy) is 1. The predicted octanol–water partition coefficient (Wildman–Crippen LogP) is 4.56. The standard InChI is InChI=1S/C26H24N2O5/c1-15-11-12-23(21(13-15)24(29)27-16(2)25(30)31)28-26(32)33-14-22-19-9-5-3-7-17(19)18-8-4-6-10-20(18)22/h3-13,16,22H,14H2,1-2H3,(H,27,29)(H,28,32)(H,30,31)/t16-/m0/s1. The number of benzene rings is 3. The van der Waals surface area contributed by atoms with E-state index in [9.17, 15) is 14.4 Å². The lowest BCUT2D eigenvalue weighted by Gasteiger charge is -2.16. The van der Waals surface area contributed by atoms with Gasteiger partial charge in [0.2, 0.25) is 0 Å². The molecule has 0 aliphatic heterocycles. The second kappa shape index (κ2) is 9.16. The maximum Gasteiger partial charge on any atom is 0.411 e. The summed E-state index contributed by atoms with van der Waals surface area (Å²) in [4.78, 5) is 36.3. The molecule has 168 valence electrons. The fourth-order valence-corrected chi connectivity index (χ4v) is 4.04. The Balaban J connectivity index is 1.48. The van der Waals surface area contributed by atoms with Crippen LogP contribution in [0.3, 0.4) is 0 Å². The summed E-state index contributed by atoms with van der Waals surface area (Å²) >= 11 is 0. The molecule has 0 radical (unpaired) electrons. The number of carboxylic acid groups (broad SMARTS) is 1. The van der Waals surface area contributed by atoms with Crippen molar-refractivity contribution < 1.29 is 24.2 Å². The number of hydrogen-bond acceptors (Lipinski definition) is 4. The monoisotopic (exact) mass is 444 g/mol. The van der Waals surface area contributed by atoms with Crippen LogP contribution >= 0.6 is 0 Å². The van der Waals surface area contributed by atoms with Gasteiger partial charge >= 0.3 is 12.1 Å². The number of hydrogen-bond donors (Lipinski definition) is 3. The quantitative estimate of drug-likeness (QED) is 0.517. The lowest BCUT2D eigenvalue weighted by molar-refractivity contribution is -0.138. The molecule has 4 rings (SSSR count). The van der Waals surface area contributed by atoms with Crippen LogP contribution in [0.5, 0.6) is 0 Å². The Kier molecular flexibility index (Phi) is 6.13. The van der Waals surface area contributed by atoms with Gasteiger partial charge in [-0.2, -0.15) is 0 Å². The van der Waals surface area contributed by atoms with Crippen LogP contribution in [0.1, 0.15) is 39.9 Å². The molecule has 7 nitrogen and oxygen atoms in total. The average molecular weight is 444 g/mol. The molecule has 0 aromatic heterocycles. The van der Waals surface area contributed by atoms with Crippen molar-refractivity contribution >= 4 is 23.7 Å². The van der Waals surface area contributed by atoms with Crippen molar-refractivity contribution in [2.45, 2.75) is 25.8 Å². The summed E-state index contributed by atoms with van der Waals surface area (Å²) in [6, 6.07) is 20.0. The number of fused-ring (bicyclic) bond motifs is 3. The molecule has 1 atom stereocenters. The summed E-state index contributed by atoms with van der Waals surface area (Å²) in [6.07, 6.45) is -0.693. The number of aliphatic carboxylic acids is 1. The third-order valence-electron chi connectivity index (χ3n) is 5.72. The number of nitrogens with one attached hydrogen (secondary N) is 2. The summed E-state index contributed by atoms with van der Waals surface area (Å²) in [5, 5.41) is 14.1. The highest BCUT2D eigenvalue weighted by Gasteiger charge is 2.29. The number of carboxylic acids is 1. The van der Waals surface area contributed by atoms with Crippen LogP contribution < -0.4 is 10.6 Å². The van der Waals surface area contributed by atoms with Gasteiger partial charge < -0.3 is 15.2 Å². The lowest BCUT2D eigenvalue weighted by atomic mass is 9.98. The van der Waals surface area contributed by atoms with Crippen LogP contribution in [0, 0.1) is 6.92 Å². The Hall–Kier alpha value is -4.13. The van der Waals surface area contributed by atoms with Crippen LogP contribution in [0.4, 0.5) is 10.5 Å². The van der Waals surface area contributed by atoms with Gasteiger partial charge in [0.1, 0.15) is 12.6 Å². The second-order valence-corrected chi connectivity index (χ2v) is 8.03. The molecular formula is C26H24N2O5. The first-order valence-electron chi connectivity index (χ1n) is 10.6. The van der Waals surface area contributed by atoms with E-state index in [0.717, 1.165) is 27.8 Å². The Labute approximate surface area is 191 Å². The number of rotatable bonds is 6. The van der Waals surface area contributed by atoms with Crippen LogP contribution in [-0.2, 0) is 9.53 Å². The van der Waals surface area contributed by atoms with Gasteiger partial charge in [-0.05, 0) is 48.2 Å². The van der Waals surface area contributed by atoms with Crippen molar-refractivity contribution in [1.29, 1.82) is 0 Å². The molecule has 3 aromatic rings. The van der Waals surface area contributed by atoms with E-state index in [4.69, 9.17) is 9.84 Å². The number of carbonyl (C=O) groups excluding carboxylic acids is 2. The maximum absolute atomic E-state index is 12.6. The number of amides is 2. The van der Waals surface area contributed by atoms with Crippen molar-refractivity contribution in [2.75, 3.05) is 11.9 Å². The molecular weight excluding hydrogens is 420 g/mol. The first-order valence-corrected chi connectivity index (χ1v) is 10.6. The summed E-state index contributed by atoms with van der Waals surface area (Å²) in [6.45, 7) is 3.31. The summed E-state index contributed by atoms with van der Waals surface area (Å²) in [5.74, 6) is -1.83. The van der Waals surface area contributed by atoms with E-state index in [0.29, 0.717) is 0 Å². The molecule has 3 aromatic carbocycles. The molecule has 0 saturated heterocycles. The summed E-state index contributed by atoms with van der Waals surface area (Å²) < 4.78 is 5.55. The van der Waals surface area contributed by atoms with Gasteiger partial charge in [-0.1, -0.05) is 60.2 Å². The molecule has 0 unspecified atom stereocenters. The largest absolute Gasteiger partial charge is 0.480 e. The molecule has 1 aliphatic rings. The van der Waals surface area contributed by atoms with Gasteiger partial charge in [0.05, 0.1) is 11.3 Å². The van der Waals surface area contributed by atoms with Gasteiger partial charge in [0.25, 0.3) is 5.91 Å². The lowest BCUT2D eigenvalue weighted by Crippen LogP contribution is -2.38. The Morgan fingerprint density at radius 2 is 1.58 bits per heavy atom. The van der Waals surface area contributed by atoms with Crippen LogP contribution in [0.15, 0.2) is 66.7 Å². The molecule has 0 spiro atoms. The molecule has 0 bridgehead atoms. The number of anilines is 1. The average Bonchev–Trinajstić information content (AvgIpc) is 3.12. The highest BCUT2D eigenvalue weighted by atomic mass is 16.5. The fourth-order valence-electron chi connectivity index (χ4n) is 4.04. The van der Waals surface area contributed by atoms with Gasteiger partial charge in [-0.3, -0.25) is 14.9 Å². The predicted molar refractivity (Wildman–Crippen MR) is 124 cm³/mol. The van der Waals surface area contributed by atoms with Gasteiger partial charge in [0.15, 0.2) is 0 Å². The van der Waals surface area contributed by atoms with Crippen molar-refractivity contribution in [3.8, 4) is 11.1 Å². The SMILES string of the molecule is Cc1ccc(NC(=O)OCC2c3ccccc3-c3ccccc32)c(C(=O)N[C@@H](C)C(=O)O)c1. The molecule has 1 aliphatic carbocycles. The van der Waals surface area contributed by atoms with Crippen molar-refractivity contribution in [3.05, 3.63) is 89.0 Å². The third-order valence-corrected chi connectivity index (χ3v) is 5.72. The Bertz CT molecular complexity index is 1190. The van der Waals surface area contributed by atoms with E-state index >= 15 is 0 Å². The van der Waals surface area contributed by atoms with Gasteiger partial charge in [-0.15, -0.1) is 0 Å². The highest BCUT2D eigenvalue weighted by Crippen LogP contribution is 2.44. The third kappa shape index (κ3) is 4.57. The molecule has 2 amide bonds. The number of aryl methyl sites for hydroxylation is 1. The maximum atomic E-state index is 12.6. The van der Waals surface area contributed by atoms with E-state index < -0.39 is 24.0 Å². The number of carbonyl (C=O) groups is 3. The summed E-state index contributed by atoms with van der Waals surface area (Å²) in [5.41, 5.74) is 5.67. The molecule has 0 saturated carbocycles. The Morgan fingerprint density at radius 3 is 2.18 bits per heavy atom. The molecule has 7 heteroatoms. The van der Waals surface area contributed by atoms with E-state index in [1.54, 1.807) is 25.1 Å². The highest BCUT2D eigenvalue weighted by molar-refractivity contribution is 6.04. The second-order valence-electron chi connectivity index (χ2n) is 8.03. The van der Waals surface area contributed by atoms with Crippen molar-refractivity contribution in [2.24, 2.45) is 0 Å². The smallest absolute Gasteiger partial charge is 0.411 e. The Morgan fingerprint density at radius 1 is 0.970 bits per heavy atom. The van der Waals surface area contributed by atoms with Crippen molar-refractivity contribution in [3.63, 3.8) is 0 Å². The zero-order chi connectivity index (χ0) is 23.5. The van der Waals surface area contributed by atoms with Crippen molar-refractivity contribution in [1.82, 2.24) is 5.32 Å². The topological polar surface area (TPSA) is 105 Å². The first-order chi connectivity index (χ1) is 15.8. The molecule has 3 N–H and O–H groups in total.